The van der Waals surface area contributed by atoms with Crippen molar-refractivity contribution in [3.63, 3.8) is 0 Å². The van der Waals surface area contributed by atoms with Gasteiger partial charge in [0.1, 0.15) is 5.37 Å². The molecule has 5 heteroatoms. The number of hydrogen-bond donors (Lipinski definition) is 1. The monoisotopic (exact) mass is 393 g/mol. The van der Waals surface area contributed by atoms with Crippen molar-refractivity contribution in [3.8, 4) is 0 Å². The predicted octanol–water partition coefficient (Wildman–Crippen LogP) is 6.49. The summed E-state index contributed by atoms with van der Waals surface area (Å²) in [7, 11) is 0. The summed E-state index contributed by atoms with van der Waals surface area (Å²) >= 11 is 14.3. The second-order valence-electron chi connectivity index (χ2n) is 6.28. The minimum atomic E-state index is -0.180. The van der Waals surface area contributed by atoms with E-state index < -0.39 is 0 Å². The van der Waals surface area contributed by atoms with E-state index in [-0.39, 0.29) is 11.3 Å². The van der Waals surface area contributed by atoms with Crippen LogP contribution in [-0.4, -0.2) is 11.2 Å². The van der Waals surface area contributed by atoms with Crippen LogP contribution in [-0.2, 0) is 0 Å². The van der Waals surface area contributed by atoms with Crippen molar-refractivity contribution in [1.82, 2.24) is 5.32 Å². The van der Waals surface area contributed by atoms with Gasteiger partial charge in [0, 0.05) is 26.4 Å². The van der Waals surface area contributed by atoms with E-state index in [1.165, 1.54) is 32.1 Å². The predicted molar refractivity (Wildman–Crippen MR) is 108 cm³/mol. The molecule has 1 aliphatic rings. The average Bonchev–Trinajstić information content (AvgIpc) is 2.63. The number of thioether (sulfide) groups is 1. The molecule has 2 aromatic rings. The number of halogens is 2. The lowest BCUT2D eigenvalue weighted by molar-refractivity contribution is 0.0949. The first-order valence-corrected chi connectivity index (χ1v) is 10.3. The number of carbonyl (C=O) groups excluding carboxylic acids is 1. The molecular weight excluding hydrogens is 373 g/mol. The molecule has 2 aromatic carbocycles. The number of benzene rings is 2. The van der Waals surface area contributed by atoms with Gasteiger partial charge in [-0.1, -0.05) is 66.7 Å². The fraction of sp³-hybridized carbons (Fsp3) is 0.350. The van der Waals surface area contributed by atoms with Gasteiger partial charge in [0.05, 0.1) is 0 Å². The molecule has 1 aliphatic carbocycles. The Bertz CT molecular complexity index is 717. The number of rotatable bonds is 5. The molecule has 1 atom stereocenters. The molecule has 0 aliphatic heterocycles. The number of nitrogens with one attached hydrogen (secondary N) is 1. The first kappa shape index (κ1) is 18.6. The third-order valence-corrected chi connectivity index (χ3v) is 6.49. The number of amides is 1. The second-order valence-corrected chi connectivity index (χ2v) is 8.54. The molecule has 1 N–H and O–H groups in total. The van der Waals surface area contributed by atoms with Gasteiger partial charge in [-0.2, -0.15) is 0 Å². The Morgan fingerprint density at radius 1 is 1.04 bits per heavy atom. The van der Waals surface area contributed by atoms with Crippen LogP contribution in [0.15, 0.2) is 48.5 Å². The van der Waals surface area contributed by atoms with E-state index in [2.05, 4.69) is 5.32 Å². The van der Waals surface area contributed by atoms with Crippen LogP contribution in [0.2, 0.25) is 10.0 Å². The highest BCUT2D eigenvalue weighted by atomic mass is 35.5. The van der Waals surface area contributed by atoms with Crippen molar-refractivity contribution in [2.75, 3.05) is 0 Å². The van der Waals surface area contributed by atoms with E-state index in [9.17, 15) is 4.79 Å². The molecule has 0 spiro atoms. The maximum absolute atomic E-state index is 12.7. The largest absolute Gasteiger partial charge is 0.336 e. The fourth-order valence-electron chi connectivity index (χ4n) is 3.08. The Kier molecular flexibility index (Phi) is 6.69. The molecule has 1 fully saturated rings. The molecule has 1 saturated carbocycles. The molecule has 0 heterocycles. The average molecular weight is 394 g/mol. The number of carbonyl (C=O) groups is 1. The molecule has 1 amide bonds. The van der Waals surface area contributed by atoms with E-state index in [1.807, 2.05) is 42.5 Å². The van der Waals surface area contributed by atoms with Gasteiger partial charge in [-0.05, 0) is 37.1 Å². The summed E-state index contributed by atoms with van der Waals surface area (Å²) in [6.45, 7) is 0. The molecule has 25 heavy (non-hydrogen) atoms. The van der Waals surface area contributed by atoms with Gasteiger partial charge in [-0.15, -0.1) is 11.8 Å². The van der Waals surface area contributed by atoms with E-state index in [0.717, 1.165) is 5.56 Å². The smallest absolute Gasteiger partial charge is 0.252 e. The van der Waals surface area contributed by atoms with E-state index >= 15 is 0 Å². The Balaban J connectivity index is 1.81. The lowest BCUT2D eigenvalue weighted by atomic mass is 10.0. The zero-order chi connectivity index (χ0) is 17.6. The Morgan fingerprint density at radius 2 is 1.76 bits per heavy atom. The van der Waals surface area contributed by atoms with Crippen LogP contribution in [0, 0.1) is 0 Å². The lowest BCUT2D eigenvalue weighted by Gasteiger charge is -2.27. The highest BCUT2D eigenvalue weighted by molar-refractivity contribution is 8.00. The molecular formula is C20H21Cl2NOS. The highest BCUT2D eigenvalue weighted by Gasteiger charge is 2.24. The van der Waals surface area contributed by atoms with Gasteiger partial charge in [0.2, 0.25) is 0 Å². The van der Waals surface area contributed by atoms with Crippen LogP contribution in [0.3, 0.4) is 0 Å². The van der Waals surface area contributed by atoms with Gasteiger partial charge < -0.3 is 5.32 Å². The zero-order valence-corrected chi connectivity index (χ0v) is 16.2. The van der Waals surface area contributed by atoms with Crippen LogP contribution in [0.1, 0.15) is 53.4 Å². The van der Waals surface area contributed by atoms with Crippen molar-refractivity contribution in [1.29, 1.82) is 0 Å². The molecule has 0 saturated heterocycles. The summed E-state index contributed by atoms with van der Waals surface area (Å²) in [6, 6.07) is 14.8. The van der Waals surface area contributed by atoms with Crippen molar-refractivity contribution < 1.29 is 4.79 Å². The third kappa shape index (κ3) is 5.16. The summed E-state index contributed by atoms with van der Waals surface area (Å²) in [5, 5.41) is 4.71. The van der Waals surface area contributed by atoms with Gasteiger partial charge in [-0.3, -0.25) is 4.79 Å². The van der Waals surface area contributed by atoms with Gasteiger partial charge in [-0.25, -0.2) is 0 Å². The van der Waals surface area contributed by atoms with E-state index in [4.69, 9.17) is 23.2 Å². The van der Waals surface area contributed by atoms with Crippen LogP contribution >= 0.6 is 35.0 Å². The lowest BCUT2D eigenvalue weighted by Crippen LogP contribution is -2.28. The molecule has 3 rings (SSSR count). The summed E-state index contributed by atoms with van der Waals surface area (Å²) in [6.07, 6.45) is 6.19. The summed E-state index contributed by atoms with van der Waals surface area (Å²) in [4.78, 5) is 12.7. The Morgan fingerprint density at radius 3 is 2.44 bits per heavy atom. The Hall–Kier alpha value is -1.16. The topological polar surface area (TPSA) is 29.1 Å². The standard InChI is InChI=1S/C20H21Cl2NOS/c21-15-11-12-17(18(22)13-15)20(25-16-9-5-2-6-10-16)23-19(24)14-7-3-1-4-8-14/h1,3-4,7-8,11-13,16,20H,2,5-6,9-10H2,(H,23,24). The first-order chi connectivity index (χ1) is 12.1. The molecule has 2 nitrogen and oxygen atoms in total. The molecule has 0 bridgehead atoms. The van der Waals surface area contributed by atoms with Gasteiger partial charge in [0.25, 0.3) is 5.91 Å². The number of hydrogen-bond acceptors (Lipinski definition) is 2. The summed E-state index contributed by atoms with van der Waals surface area (Å²) < 4.78 is 0. The normalized spacial score (nSPS) is 16.4. The molecule has 0 radical (unpaired) electrons. The van der Waals surface area contributed by atoms with Crippen molar-refractivity contribution in [2.24, 2.45) is 0 Å². The van der Waals surface area contributed by atoms with Crippen LogP contribution in [0.5, 0.6) is 0 Å². The molecule has 1 unspecified atom stereocenters. The Labute approximate surface area is 163 Å². The minimum Gasteiger partial charge on any atom is -0.336 e. The van der Waals surface area contributed by atoms with Crippen LogP contribution in [0.25, 0.3) is 0 Å². The minimum absolute atomic E-state index is 0.0834. The third-order valence-electron chi connectivity index (χ3n) is 4.42. The van der Waals surface area contributed by atoms with E-state index in [1.54, 1.807) is 17.8 Å². The SMILES string of the molecule is O=C(NC(SC1CCCCC1)c1ccc(Cl)cc1Cl)c1ccccc1. The quantitative estimate of drug-likeness (QED) is 0.588. The van der Waals surface area contributed by atoms with Crippen LogP contribution < -0.4 is 5.32 Å². The first-order valence-electron chi connectivity index (χ1n) is 8.60. The maximum Gasteiger partial charge on any atom is 0.252 e. The van der Waals surface area contributed by atoms with Crippen molar-refractivity contribution in [3.05, 3.63) is 69.7 Å². The maximum atomic E-state index is 12.7. The van der Waals surface area contributed by atoms with Crippen molar-refractivity contribution >= 4 is 40.9 Å². The van der Waals surface area contributed by atoms with Gasteiger partial charge in [0.15, 0.2) is 0 Å². The highest BCUT2D eigenvalue weighted by Crippen LogP contribution is 2.40. The second kappa shape index (κ2) is 8.98. The molecule has 132 valence electrons. The fourth-order valence-corrected chi connectivity index (χ4v) is 5.18. The molecule has 0 aromatic heterocycles. The summed E-state index contributed by atoms with van der Waals surface area (Å²) in [5.41, 5.74) is 1.56. The van der Waals surface area contributed by atoms with E-state index in [0.29, 0.717) is 20.9 Å². The van der Waals surface area contributed by atoms with Crippen LogP contribution in [0.4, 0.5) is 0 Å². The summed E-state index contributed by atoms with van der Waals surface area (Å²) in [5.74, 6) is -0.0834. The zero-order valence-electron chi connectivity index (χ0n) is 13.9. The van der Waals surface area contributed by atoms with Gasteiger partial charge >= 0.3 is 0 Å². The van der Waals surface area contributed by atoms with Crippen molar-refractivity contribution in [2.45, 2.75) is 42.7 Å².